The molecular formula is C18H16N2. The fraction of sp³-hybridized carbons (Fsp3) is 0.167. The molecule has 2 nitrogen and oxygen atoms in total. The van der Waals surface area contributed by atoms with E-state index in [2.05, 4.69) is 77.9 Å². The van der Waals surface area contributed by atoms with E-state index in [-0.39, 0.29) is 0 Å². The van der Waals surface area contributed by atoms with Crippen LogP contribution < -0.4 is 10.6 Å². The lowest BCUT2D eigenvalue weighted by molar-refractivity contribution is 0.554. The molecule has 2 aromatic carbocycles. The van der Waals surface area contributed by atoms with Crippen molar-refractivity contribution in [2.75, 3.05) is 10.6 Å². The third kappa shape index (κ3) is 1.97. The Labute approximate surface area is 119 Å². The molecule has 0 aliphatic carbocycles. The van der Waals surface area contributed by atoms with Gasteiger partial charge in [-0.25, -0.2) is 0 Å². The minimum atomic E-state index is 0.297. The number of rotatable bonds is 1. The van der Waals surface area contributed by atoms with Crippen molar-refractivity contribution in [3.05, 3.63) is 72.3 Å². The molecule has 0 bridgehead atoms. The van der Waals surface area contributed by atoms with Crippen LogP contribution in [0.15, 0.2) is 54.6 Å². The van der Waals surface area contributed by atoms with E-state index in [4.69, 9.17) is 0 Å². The predicted molar refractivity (Wildman–Crippen MR) is 83.4 cm³/mol. The van der Waals surface area contributed by atoms with Crippen LogP contribution in [0.3, 0.4) is 0 Å². The fourth-order valence-electron chi connectivity index (χ4n) is 2.94. The highest BCUT2D eigenvalue weighted by molar-refractivity contribution is 5.71. The van der Waals surface area contributed by atoms with E-state index in [0.717, 1.165) is 6.42 Å². The Bertz CT molecular complexity index is 660. The van der Waals surface area contributed by atoms with Crippen molar-refractivity contribution in [2.45, 2.75) is 12.5 Å². The van der Waals surface area contributed by atoms with Gasteiger partial charge in [0, 0.05) is 17.3 Å². The van der Waals surface area contributed by atoms with Gasteiger partial charge in [0.2, 0.25) is 0 Å². The van der Waals surface area contributed by atoms with Gasteiger partial charge in [-0.1, -0.05) is 48.6 Å². The highest BCUT2D eigenvalue weighted by Crippen LogP contribution is 2.32. The van der Waals surface area contributed by atoms with Gasteiger partial charge in [0.1, 0.15) is 0 Å². The van der Waals surface area contributed by atoms with E-state index in [9.17, 15) is 0 Å². The zero-order valence-corrected chi connectivity index (χ0v) is 11.1. The number of para-hydroxylation sites is 2. The Kier molecular flexibility index (Phi) is 2.73. The second-order valence-electron chi connectivity index (χ2n) is 5.35. The Hall–Kier alpha value is -2.22. The Morgan fingerprint density at radius 3 is 2.70 bits per heavy atom. The molecule has 0 fully saturated rings. The normalized spacial score (nSPS) is 23.2. The second kappa shape index (κ2) is 4.71. The topological polar surface area (TPSA) is 24.1 Å². The highest BCUT2D eigenvalue weighted by atomic mass is 15.0. The first-order valence-electron chi connectivity index (χ1n) is 7.03. The first kappa shape index (κ1) is 11.6. The van der Waals surface area contributed by atoms with E-state index in [1.54, 1.807) is 0 Å². The molecular weight excluding hydrogens is 244 g/mol. The molecule has 2 radical (unpaired) electrons. The lowest BCUT2D eigenvalue weighted by Gasteiger charge is -2.33. The summed E-state index contributed by atoms with van der Waals surface area (Å²) in [5.41, 5.74) is 5.02. The molecule has 2 heterocycles. The van der Waals surface area contributed by atoms with Gasteiger partial charge < -0.3 is 10.6 Å². The largest absolute Gasteiger partial charge is 0.378 e. The minimum Gasteiger partial charge on any atom is -0.378 e. The molecule has 2 N–H and O–H groups in total. The molecule has 20 heavy (non-hydrogen) atoms. The van der Waals surface area contributed by atoms with Crippen molar-refractivity contribution >= 4 is 17.5 Å². The molecule has 0 spiro atoms. The lowest BCUT2D eigenvalue weighted by atomic mass is 9.86. The zero-order valence-electron chi connectivity index (χ0n) is 11.1. The molecule has 2 aliphatic rings. The minimum absolute atomic E-state index is 0.297. The summed E-state index contributed by atoms with van der Waals surface area (Å²) >= 11 is 0. The highest BCUT2D eigenvalue weighted by Gasteiger charge is 2.27. The van der Waals surface area contributed by atoms with Gasteiger partial charge in [-0.05, 0) is 29.7 Å². The van der Waals surface area contributed by atoms with Crippen molar-refractivity contribution in [3.63, 3.8) is 0 Å². The summed E-state index contributed by atoms with van der Waals surface area (Å²) in [4.78, 5) is 0. The van der Waals surface area contributed by atoms with Crippen molar-refractivity contribution in [2.24, 2.45) is 5.92 Å². The molecule has 4 rings (SSSR count). The lowest BCUT2D eigenvalue weighted by Crippen LogP contribution is -2.34. The Balaban J connectivity index is 1.57. The van der Waals surface area contributed by atoms with Gasteiger partial charge in [-0.2, -0.15) is 0 Å². The third-order valence-corrected chi connectivity index (χ3v) is 4.05. The summed E-state index contributed by atoms with van der Waals surface area (Å²) < 4.78 is 0. The fourth-order valence-corrected chi connectivity index (χ4v) is 2.94. The summed E-state index contributed by atoms with van der Waals surface area (Å²) in [7, 11) is 0. The molecule has 0 amide bonds. The van der Waals surface area contributed by atoms with E-state index in [1.165, 1.54) is 22.5 Å². The summed E-state index contributed by atoms with van der Waals surface area (Å²) in [5.74, 6) is 0.342. The summed E-state index contributed by atoms with van der Waals surface area (Å²) in [6.45, 7) is 3.41. The van der Waals surface area contributed by atoms with Gasteiger partial charge in [0.05, 0.1) is 12.6 Å². The molecule has 0 saturated heterocycles. The first-order valence-corrected chi connectivity index (χ1v) is 7.03. The number of fused-ring (bicyclic) bond motifs is 2. The number of nitrogens with one attached hydrogen (secondary N) is 2. The molecule has 2 aromatic rings. The van der Waals surface area contributed by atoms with Crippen LogP contribution in [-0.2, 0) is 6.42 Å². The summed E-state index contributed by atoms with van der Waals surface area (Å²) in [5, 5.41) is 6.92. The van der Waals surface area contributed by atoms with Gasteiger partial charge >= 0.3 is 0 Å². The molecule has 2 heteroatoms. The molecule has 2 unspecified atom stereocenters. The van der Waals surface area contributed by atoms with Crippen molar-refractivity contribution < 1.29 is 0 Å². The van der Waals surface area contributed by atoms with Gasteiger partial charge in [0.25, 0.3) is 0 Å². The standard InChI is InChI=1S/C18H16N2/c1-4-8-17-13(5-1)9-10-18(20-17)15-11-14-6-2-3-7-16(14)19-12-15/h1-10,15,18-20H,11H2. The van der Waals surface area contributed by atoms with Gasteiger partial charge in [-0.15, -0.1) is 0 Å². The zero-order chi connectivity index (χ0) is 13.4. The average molecular weight is 260 g/mol. The van der Waals surface area contributed by atoms with Gasteiger partial charge in [0.15, 0.2) is 0 Å². The average Bonchev–Trinajstić information content (AvgIpc) is 2.54. The molecule has 2 aliphatic heterocycles. The maximum absolute atomic E-state index is 3.61. The van der Waals surface area contributed by atoms with Crippen LogP contribution in [-0.4, -0.2) is 6.04 Å². The number of hydrogen-bond acceptors (Lipinski definition) is 2. The molecule has 0 aromatic heterocycles. The van der Waals surface area contributed by atoms with Gasteiger partial charge in [-0.3, -0.25) is 0 Å². The first-order chi connectivity index (χ1) is 9.90. The second-order valence-corrected chi connectivity index (χ2v) is 5.35. The van der Waals surface area contributed by atoms with E-state index < -0.39 is 0 Å². The summed E-state index contributed by atoms with van der Waals surface area (Å²) in [6, 6.07) is 17.2. The van der Waals surface area contributed by atoms with Crippen molar-refractivity contribution in [3.8, 4) is 0 Å². The van der Waals surface area contributed by atoms with Crippen LogP contribution in [0, 0.1) is 12.5 Å². The number of benzene rings is 2. The van der Waals surface area contributed by atoms with E-state index in [1.807, 2.05) is 0 Å². The predicted octanol–water partition coefficient (Wildman–Crippen LogP) is 3.82. The quantitative estimate of drug-likeness (QED) is 0.814. The SMILES string of the molecule is [C]1Nc2ccccc2CC1C1C=Cc2ccccc2N1. The number of hydrogen-bond donors (Lipinski definition) is 2. The maximum atomic E-state index is 3.61. The monoisotopic (exact) mass is 260 g/mol. The Morgan fingerprint density at radius 2 is 1.75 bits per heavy atom. The maximum Gasteiger partial charge on any atom is 0.0943 e. The van der Waals surface area contributed by atoms with Crippen LogP contribution in [0.1, 0.15) is 11.1 Å². The third-order valence-electron chi connectivity index (χ3n) is 4.05. The van der Waals surface area contributed by atoms with Crippen LogP contribution in [0.5, 0.6) is 0 Å². The number of anilines is 2. The van der Waals surface area contributed by atoms with Crippen LogP contribution in [0.4, 0.5) is 11.4 Å². The van der Waals surface area contributed by atoms with Crippen LogP contribution >= 0.6 is 0 Å². The van der Waals surface area contributed by atoms with Crippen LogP contribution in [0.2, 0.25) is 0 Å². The van der Waals surface area contributed by atoms with E-state index >= 15 is 0 Å². The van der Waals surface area contributed by atoms with Crippen LogP contribution in [0.25, 0.3) is 6.08 Å². The summed E-state index contributed by atoms with van der Waals surface area (Å²) in [6.07, 6.45) is 5.47. The smallest absolute Gasteiger partial charge is 0.0943 e. The van der Waals surface area contributed by atoms with Crippen molar-refractivity contribution in [1.82, 2.24) is 0 Å². The molecule has 0 saturated carbocycles. The Morgan fingerprint density at radius 1 is 0.950 bits per heavy atom. The molecule has 2 atom stereocenters. The van der Waals surface area contributed by atoms with Crippen molar-refractivity contribution in [1.29, 1.82) is 0 Å². The molecule has 98 valence electrons. The van der Waals surface area contributed by atoms with E-state index in [0.29, 0.717) is 12.0 Å².